The van der Waals surface area contributed by atoms with Crippen LogP contribution in [0.4, 0.5) is 0 Å². The SMILES string of the molecule is CNCc1cnnn1-c1ccc(-c2ccccc2)cc1. The second-order valence-electron chi connectivity index (χ2n) is 4.58. The zero-order valence-corrected chi connectivity index (χ0v) is 11.3. The maximum Gasteiger partial charge on any atom is 0.0783 e. The van der Waals surface area contributed by atoms with Gasteiger partial charge in [0.15, 0.2) is 0 Å². The lowest BCUT2D eigenvalue weighted by Gasteiger charge is -2.07. The van der Waals surface area contributed by atoms with E-state index in [9.17, 15) is 0 Å². The second-order valence-corrected chi connectivity index (χ2v) is 4.58. The summed E-state index contributed by atoms with van der Waals surface area (Å²) in [5.41, 5.74) is 4.48. The van der Waals surface area contributed by atoms with Gasteiger partial charge in [-0.15, -0.1) is 5.10 Å². The molecule has 0 bridgehead atoms. The summed E-state index contributed by atoms with van der Waals surface area (Å²) >= 11 is 0. The molecule has 4 nitrogen and oxygen atoms in total. The number of hydrogen-bond donors (Lipinski definition) is 1. The van der Waals surface area contributed by atoms with Crippen LogP contribution < -0.4 is 5.32 Å². The Labute approximate surface area is 118 Å². The van der Waals surface area contributed by atoms with Crippen molar-refractivity contribution in [2.24, 2.45) is 0 Å². The van der Waals surface area contributed by atoms with Gasteiger partial charge in [0.05, 0.1) is 17.6 Å². The molecule has 4 heteroatoms. The molecule has 2 aromatic carbocycles. The summed E-state index contributed by atoms with van der Waals surface area (Å²) in [6.07, 6.45) is 1.78. The fourth-order valence-corrected chi connectivity index (χ4v) is 2.20. The summed E-state index contributed by atoms with van der Waals surface area (Å²) in [5.74, 6) is 0. The van der Waals surface area contributed by atoms with E-state index >= 15 is 0 Å². The zero-order valence-electron chi connectivity index (χ0n) is 11.3. The van der Waals surface area contributed by atoms with Crippen molar-refractivity contribution < 1.29 is 0 Å². The molecule has 3 rings (SSSR count). The number of nitrogens with zero attached hydrogens (tertiary/aromatic N) is 3. The van der Waals surface area contributed by atoms with E-state index in [0.29, 0.717) is 0 Å². The number of nitrogens with one attached hydrogen (secondary N) is 1. The van der Waals surface area contributed by atoms with Crippen molar-refractivity contribution in [1.82, 2.24) is 20.3 Å². The molecule has 0 amide bonds. The molecule has 0 aliphatic carbocycles. The minimum Gasteiger partial charge on any atom is -0.314 e. The van der Waals surface area contributed by atoms with Crippen LogP contribution in [-0.2, 0) is 6.54 Å². The van der Waals surface area contributed by atoms with Gasteiger partial charge in [0.2, 0.25) is 0 Å². The van der Waals surface area contributed by atoms with Crippen molar-refractivity contribution in [1.29, 1.82) is 0 Å². The molecule has 1 N–H and O–H groups in total. The van der Waals surface area contributed by atoms with Crippen molar-refractivity contribution in [2.45, 2.75) is 6.54 Å². The molecular weight excluding hydrogens is 248 g/mol. The molecule has 0 unspecified atom stereocenters. The van der Waals surface area contributed by atoms with Crippen LogP contribution in [0.3, 0.4) is 0 Å². The molecule has 20 heavy (non-hydrogen) atoms. The summed E-state index contributed by atoms with van der Waals surface area (Å²) < 4.78 is 1.85. The maximum atomic E-state index is 4.13. The third kappa shape index (κ3) is 2.46. The van der Waals surface area contributed by atoms with Gasteiger partial charge in [-0.1, -0.05) is 47.7 Å². The van der Waals surface area contributed by atoms with Gasteiger partial charge in [-0.3, -0.25) is 0 Å². The summed E-state index contributed by atoms with van der Waals surface area (Å²) in [6, 6.07) is 18.7. The predicted octanol–water partition coefficient (Wildman–Crippen LogP) is 2.65. The van der Waals surface area contributed by atoms with E-state index in [1.54, 1.807) is 6.20 Å². The van der Waals surface area contributed by atoms with Crippen molar-refractivity contribution in [2.75, 3.05) is 7.05 Å². The lowest BCUT2D eigenvalue weighted by molar-refractivity contribution is 0.714. The highest BCUT2D eigenvalue weighted by molar-refractivity contribution is 5.64. The van der Waals surface area contributed by atoms with Gasteiger partial charge in [-0.25, -0.2) is 4.68 Å². The first kappa shape index (κ1) is 12.6. The third-order valence-electron chi connectivity index (χ3n) is 3.20. The van der Waals surface area contributed by atoms with Crippen LogP contribution in [0.2, 0.25) is 0 Å². The van der Waals surface area contributed by atoms with E-state index in [4.69, 9.17) is 0 Å². The fourth-order valence-electron chi connectivity index (χ4n) is 2.20. The van der Waals surface area contributed by atoms with Crippen molar-refractivity contribution in [3.05, 3.63) is 66.5 Å². The molecule has 0 saturated heterocycles. The van der Waals surface area contributed by atoms with Crippen LogP contribution >= 0.6 is 0 Å². The summed E-state index contributed by atoms with van der Waals surface area (Å²) in [4.78, 5) is 0. The van der Waals surface area contributed by atoms with E-state index in [1.807, 2.05) is 29.9 Å². The molecule has 100 valence electrons. The van der Waals surface area contributed by atoms with Gasteiger partial charge in [0.25, 0.3) is 0 Å². The van der Waals surface area contributed by atoms with Crippen molar-refractivity contribution in [3.63, 3.8) is 0 Å². The Hall–Kier alpha value is -2.46. The van der Waals surface area contributed by atoms with E-state index in [1.165, 1.54) is 11.1 Å². The maximum absolute atomic E-state index is 4.13. The quantitative estimate of drug-likeness (QED) is 0.787. The number of benzene rings is 2. The molecule has 1 heterocycles. The smallest absolute Gasteiger partial charge is 0.0783 e. The monoisotopic (exact) mass is 264 g/mol. The molecule has 0 atom stereocenters. The number of rotatable bonds is 4. The normalized spacial score (nSPS) is 10.7. The van der Waals surface area contributed by atoms with Crippen LogP contribution in [0.25, 0.3) is 16.8 Å². The largest absolute Gasteiger partial charge is 0.314 e. The molecule has 0 aliphatic rings. The van der Waals surface area contributed by atoms with Gasteiger partial charge in [-0.05, 0) is 30.3 Å². The van der Waals surface area contributed by atoms with Gasteiger partial charge in [0.1, 0.15) is 0 Å². The van der Waals surface area contributed by atoms with E-state index < -0.39 is 0 Å². The predicted molar refractivity (Wildman–Crippen MR) is 79.6 cm³/mol. The van der Waals surface area contributed by atoms with E-state index in [-0.39, 0.29) is 0 Å². The highest BCUT2D eigenvalue weighted by Crippen LogP contribution is 2.20. The zero-order chi connectivity index (χ0) is 13.8. The Morgan fingerprint density at radius 2 is 1.65 bits per heavy atom. The summed E-state index contributed by atoms with van der Waals surface area (Å²) in [5, 5.41) is 11.2. The minimum atomic E-state index is 0.743. The van der Waals surface area contributed by atoms with Crippen LogP contribution in [0.15, 0.2) is 60.8 Å². The second kappa shape index (κ2) is 5.67. The molecular formula is C16H16N4. The van der Waals surface area contributed by atoms with Crippen LogP contribution in [-0.4, -0.2) is 22.0 Å². The van der Waals surface area contributed by atoms with Crippen LogP contribution in [0.1, 0.15) is 5.69 Å². The molecule has 0 aliphatic heterocycles. The van der Waals surface area contributed by atoms with E-state index in [2.05, 4.69) is 52.0 Å². The highest BCUT2D eigenvalue weighted by atomic mass is 15.4. The Balaban J connectivity index is 1.91. The first-order chi connectivity index (χ1) is 9.88. The Kier molecular flexibility index (Phi) is 3.56. The average molecular weight is 264 g/mol. The third-order valence-corrected chi connectivity index (χ3v) is 3.20. The van der Waals surface area contributed by atoms with Gasteiger partial charge >= 0.3 is 0 Å². The average Bonchev–Trinajstić information content (AvgIpc) is 2.97. The number of aromatic nitrogens is 3. The highest BCUT2D eigenvalue weighted by Gasteiger charge is 2.05. The van der Waals surface area contributed by atoms with E-state index in [0.717, 1.165) is 17.9 Å². The Morgan fingerprint density at radius 3 is 2.35 bits per heavy atom. The Bertz CT molecular complexity index is 671. The van der Waals surface area contributed by atoms with Gasteiger partial charge in [-0.2, -0.15) is 0 Å². The van der Waals surface area contributed by atoms with Crippen molar-refractivity contribution in [3.8, 4) is 16.8 Å². The lowest BCUT2D eigenvalue weighted by atomic mass is 10.1. The molecule has 1 aromatic heterocycles. The molecule has 0 fully saturated rings. The molecule has 0 radical (unpaired) electrons. The summed E-state index contributed by atoms with van der Waals surface area (Å²) in [7, 11) is 1.91. The lowest BCUT2D eigenvalue weighted by Crippen LogP contribution is -2.10. The minimum absolute atomic E-state index is 0.743. The van der Waals surface area contributed by atoms with Crippen molar-refractivity contribution >= 4 is 0 Å². The standard InChI is InChI=1S/C16H16N4/c1-17-11-16-12-18-19-20(16)15-9-7-14(8-10-15)13-5-3-2-4-6-13/h2-10,12,17H,11H2,1H3. The fraction of sp³-hybridized carbons (Fsp3) is 0.125. The number of hydrogen-bond acceptors (Lipinski definition) is 3. The van der Waals surface area contributed by atoms with Crippen LogP contribution in [0, 0.1) is 0 Å². The summed E-state index contributed by atoms with van der Waals surface area (Å²) in [6.45, 7) is 0.743. The topological polar surface area (TPSA) is 42.7 Å². The van der Waals surface area contributed by atoms with Crippen LogP contribution in [0.5, 0.6) is 0 Å². The Morgan fingerprint density at radius 1 is 0.950 bits per heavy atom. The molecule has 0 saturated carbocycles. The first-order valence-corrected chi connectivity index (χ1v) is 6.58. The molecule has 3 aromatic rings. The van der Waals surface area contributed by atoms with Gasteiger partial charge in [0, 0.05) is 6.54 Å². The molecule has 0 spiro atoms. The van der Waals surface area contributed by atoms with Gasteiger partial charge < -0.3 is 5.32 Å². The first-order valence-electron chi connectivity index (χ1n) is 6.58.